The van der Waals surface area contributed by atoms with E-state index in [1.54, 1.807) is 0 Å². The Hall–Kier alpha value is -0.960. The molecule has 2 rings (SSSR count). The molecule has 0 heterocycles. The smallest absolute Gasteiger partial charge is 0.312 e. The summed E-state index contributed by atoms with van der Waals surface area (Å²) in [5.74, 6) is -0.234. The molecule has 0 N–H and O–H groups in total. The maximum absolute atomic E-state index is 12.4. The van der Waals surface area contributed by atoms with Crippen LogP contribution >= 0.6 is 7.60 Å². The Kier molecular flexibility index (Phi) is 4.56. The van der Waals surface area contributed by atoms with Gasteiger partial charge in [0.2, 0.25) is 0 Å². The Morgan fingerprint density at radius 3 is 2.68 bits per heavy atom. The highest BCUT2D eigenvalue weighted by Crippen LogP contribution is 2.48. The van der Waals surface area contributed by atoms with Gasteiger partial charge in [-0.15, -0.1) is 0 Å². The average molecular weight is 282 g/mol. The Labute approximate surface area is 113 Å². The second-order valence-electron chi connectivity index (χ2n) is 4.74. The summed E-state index contributed by atoms with van der Waals surface area (Å²) >= 11 is 0. The van der Waals surface area contributed by atoms with Crippen molar-refractivity contribution in [3.8, 4) is 0 Å². The van der Waals surface area contributed by atoms with Crippen LogP contribution in [0.15, 0.2) is 24.3 Å². The summed E-state index contributed by atoms with van der Waals surface area (Å²) in [5, 5.41) is 0. The lowest BCUT2D eigenvalue weighted by molar-refractivity contribution is -0.118. The molecular formula is C14H19O4P. The summed E-state index contributed by atoms with van der Waals surface area (Å²) in [5.41, 5.74) is 2.29. The SMILES string of the molecule is COP(=O)(CC(=O)C1CCCc2ccccc21)OC. The van der Waals surface area contributed by atoms with E-state index in [2.05, 4.69) is 6.07 Å². The fourth-order valence-electron chi connectivity index (χ4n) is 2.59. The quantitative estimate of drug-likeness (QED) is 0.778. The molecule has 0 saturated heterocycles. The number of carbonyl (C=O) groups excluding carboxylic acids is 1. The highest BCUT2D eigenvalue weighted by atomic mass is 31.2. The van der Waals surface area contributed by atoms with Gasteiger partial charge in [0, 0.05) is 20.1 Å². The van der Waals surface area contributed by atoms with Gasteiger partial charge in [0.25, 0.3) is 0 Å². The maximum Gasteiger partial charge on any atom is 0.337 e. The van der Waals surface area contributed by atoms with Gasteiger partial charge in [0.1, 0.15) is 6.16 Å². The first kappa shape index (κ1) is 14.4. The molecule has 0 aromatic heterocycles. The van der Waals surface area contributed by atoms with Crippen LogP contribution < -0.4 is 0 Å². The van der Waals surface area contributed by atoms with Crippen LogP contribution in [0.3, 0.4) is 0 Å². The van der Waals surface area contributed by atoms with Crippen molar-refractivity contribution in [2.24, 2.45) is 0 Å². The zero-order valence-electron chi connectivity index (χ0n) is 11.3. The summed E-state index contributed by atoms with van der Waals surface area (Å²) in [6.07, 6.45) is 2.64. The highest BCUT2D eigenvalue weighted by Gasteiger charge is 2.32. The van der Waals surface area contributed by atoms with Crippen LogP contribution in [0.4, 0.5) is 0 Å². The predicted octanol–water partition coefficient (Wildman–Crippen LogP) is 3.16. The van der Waals surface area contributed by atoms with Gasteiger partial charge in [-0.1, -0.05) is 24.3 Å². The Morgan fingerprint density at radius 1 is 1.32 bits per heavy atom. The molecule has 0 spiro atoms. The van der Waals surface area contributed by atoms with E-state index >= 15 is 0 Å². The first-order valence-corrected chi connectivity index (χ1v) is 8.13. The highest BCUT2D eigenvalue weighted by molar-refractivity contribution is 7.54. The van der Waals surface area contributed by atoms with Gasteiger partial charge in [0.15, 0.2) is 5.78 Å². The zero-order chi connectivity index (χ0) is 13.9. The molecule has 1 aliphatic rings. The van der Waals surface area contributed by atoms with E-state index in [0.717, 1.165) is 24.8 Å². The van der Waals surface area contributed by atoms with E-state index in [1.165, 1.54) is 19.8 Å². The molecule has 1 aromatic carbocycles. The summed E-state index contributed by atoms with van der Waals surface area (Å²) in [7, 11) is -0.642. The van der Waals surface area contributed by atoms with Crippen LogP contribution in [0.5, 0.6) is 0 Å². The summed E-state index contributed by atoms with van der Waals surface area (Å²) in [6.45, 7) is 0. The summed E-state index contributed by atoms with van der Waals surface area (Å²) in [4.78, 5) is 12.4. The van der Waals surface area contributed by atoms with Crippen molar-refractivity contribution in [2.45, 2.75) is 25.2 Å². The molecule has 0 bridgehead atoms. The number of carbonyl (C=O) groups is 1. The monoisotopic (exact) mass is 282 g/mol. The van der Waals surface area contributed by atoms with Gasteiger partial charge in [0.05, 0.1) is 0 Å². The van der Waals surface area contributed by atoms with Gasteiger partial charge in [-0.3, -0.25) is 9.36 Å². The van der Waals surface area contributed by atoms with Gasteiger partial charge < -0.3 is 9.05 Å². The molecule has 0 radical (unpaired) electrons. The van der Waals surface area contributed by atoms with Crippen LogP contribution in [0.1, 0.15) is 29.9 Å². The van der Waals surface area contributed by atoms with Crippen LogP contribution in [0.2, 0.25) is 0 Å². The Morgan fingerprint density at radius 2 is 2.00 bits per heavy atom. The molecule has 0 aliphatic heterocycles. The molecule has 19 heavy (non-hydrogen) atoms. The summed E-state index contributed by atoms with van der Waals surface area (Å²) < 4.78 is 21.7. The number of hydrogen-bond donors (Lipinski definition) is 0. The number of Topliss-reactive ketones (excluding diaryl/α,β-unsaturated/α-hetero) is 1. The number of benzene rings is 1. The molecule has 0 amide bonds. The lowest BCUT2D eigenvalue weighted by Crippen LogP contribution is -2.21. The standard InChI is InChI=1S/C14H19O4P/c1-17-19(16,18-2)10-14(15)13-9-5-7-11-6-3-4-8-12(11)13/h3-4,6,8,13H,5,7,9-10H2,1-2H3. The van der Waals surface area contributed by atoms with Crippen molar-refractivity contribution >= 4 is 13.4 Å². The van der Waals surface area contributed by atoms with E-state index in [-0.39, 0.29) is 17.9 Å². The average Bonchev–Trinajstić information content (AvgIpc) is 2.46. The minimum absolute atomic E-state index is 0.0563. The number of fused-ring (bicyclic) bond motifs is 1. The van der Waals surface area contributed by atoms with Crippen molar-refractivity contribution in [3.63, 3.8) is 0 Å². The second kappa shape index (κ2) is 6.00. The van der Waals surface area contributed by atoms with E-state index in [1.807, 2.05) is 18.2 Å². The molecule has 1 unspecified atom stereocenters. The molecule has 0 fully saturated rings. The Balaban J connectivity index is 2.20. The van der Waals surface area contributed by atoms with Crippen molar-refractivity contribution in [3.05, 3.63) is 35.4 Å². The third-order valence-corrected chi connectivity index (χ3v) is 5.48. The van der Waals surface area contributed by atoms with E-state index in [4.69, 9.17) is 9.05 Å². The normalized spacial score (nSPS) is 18.9. The van der Waals surface area contributed by atoms with Crippen molar-refractivity contribution in [2.75, 3.05) is 20.4 Å². The van der Waals surface area contributed by atoms with Crippen LogP contribution in [0, 0.1) is 0 Å². The molecule has 1 aromatic rings. The fourth-order valence-corrected chi connectivity index (χ4v) is 3.60. The number of aryl methyl sites for hydroxylation is 1. The molecule has 0 saturated carbocycles. The van der Waals surface area contributed by atoms with Gasteiger partial charge >= 0.3 is 7.60 Å². The van der Waals surface area contributed by atoms with E-state index in [0.29, 0.717) is 0 Å². The Bertz CT molecular complexity index is 504. The molecular weight excluding hydrogens is 263 g/mol. The second-order valence-corrected chi connectivity index (χ2v) is 7.01. The van der Waals surface area contributed by atoms with Crippen LogP contribution in [0.25, 0.3) is 0 Å². The fraction of sp³-hybridized carbons (Fsp3) is 0.500. The molecule has 104 valence electrons. The van der Waals surface area contributed by atoms with Crippen LogP contribution in [-0.2, 0) is 24.8 Å². The minimum Gasteiger partial charge on any atom is -0.312 e. The van der Waals surface area contributed by atoms with Crippen molar-refractivity contribution in [1.82, 2.24) is 0 Å². The van der Waals surface area contributed by atoms with Gasteiger partial charge in [-0.2, -0.15) is 0 Å². The zero-order valence-corrected chi connectivity index (χ0v) is 12.2. The number of ketones is 1. The maximum atomic E-state index is 12.4. The topological polar surface area (TPSA) is 52.6 Å². The largest absolute Gasteiger partial charge is 0.337 e. The van der Waals surface area contributed by atoms with Gasteiger partial charge in [-0.25, -0.2) is 0 Å². The molecule has 1 aliphatic carbocycles. The lowest BCUT2D eigenvalue weighted by Gasteiger charge is -2.25. The predicted molar refractivity (Wildman–Crippen MR) is 73.6 cm³/mol. The summed E-state index contributed by atoms with van der Waals surface area (Å²) in [6, 6.07) is 7.97. The van der Waals surface area contributed by atoms with Crippen molar-refractivity contribution in [1.29, 1.82) is 0 Å². The molecule has 4 nitrogen and oxygen atoms in total. The third-order valence-electron chi connectivity index (χ3n) is 3.66. The number of hydrogen-bond acceptors (Lipinski definition) is 4. The van der Waals surface area contributed by atoms with E-state index in [9.17, 15) is 9.36 Å². The third kappa shape index (κ3) is 3.14. The van der Waals surface area contributed by atoms with E-state index < -0.39 is 7.60 Å². The first-order chi connectivity index (χ1) is 9.09. The van der Waals surface area contributed by atoms with Crippen LogP contribution in [-0.4, -0.2) is 26.2 Å². The van der Waals surface area contributed by atoms with Crippen molar-refractivity contribution < 1.29 is 18.4 Å². The lowest BCUT2D eigenvalue weighted by atomic mass is 9.81. The number of rotatable bonds is 5. The molecule has 1 atom stereocenters. The van der Waals surface area contributed by atoms with Gasteiger partial charge in [-0.05, 0) is 30.4 Å². The first-order valence-electron chi connectivity index (χ1n) is 6.40. The molecule has 5 heteroatoms. The minimum atomic E-state index is -3.27.